The molecule has 0 aliphatic rings. The fraction of sp³-hybridized carbons (Fsp3) is 0.316. The van der Waals surface area contributed by atoms with Crippen molar-refractivity contribution in [2.24, 2.45) is 0 Å². The second kappa shape index (κ2) is 9.21. The average Bonchev–Trinajstić information content (AvgIpc) is 2.49. The number of amides is 1. The molecule has 0 saturated heterocycles. The third-order valence-electron chi connectivity index (χ3n) is 3.78. The number of carbonyl (C=O) groups is 1. The first kappa shape index (κ1) is 19.0. The van der Waals surface area contributed by atoms with Crippen LogP contribution >= 0.6 is 12.4 Å². The molecule has 0 radical (unpaired) electrons. The van der Waals surface area contributed by atoms with Crippen molar-refractivity contribution in [3.05, 3.63) is 59.2 Å². The van der Waals surface area contributed by atoms with Crippen LogP contribution in [0.1, 0.15) is 36.0 Å². The Labute approximate surface area is 144 Å². The van der Waals surface area contributed by atoms with E-state index in [1.165, 1.54) is 11.1 Å². The Morgan fingerprint density at radius 1 is 1.04 bits per heavy atom. The molecule has 2 aromatic rings. The van der Waals surface area contributed by atoms with E-state index in [4.69, 9.17) is 5.73 Å². The molecule has 2 aromatic carbocycles. The highest BCUT2D eigenvalue weighted by atomic mass is 35.5. The number of nitrogen functional groups attached to an aromatic ring is 1. The van der Waals surface area contributed by atoms with Crippen molar-refractivity contribution in [3.8, 4) is 0 Å². The highest BCUT2D eigenvalue weighted by Gasteiger charge is 2.05. The first-order valence-corrected chi connectivity index (χ1v) is 7.76. The minimum Gasteiger partial charge on any atom is -0.399 e. The largest absolute Gasteiger partial charge is 0.399 e. The standard InChI is InChI=1S/C19H24N2O.ClH/c1-14-7-10-16(11-8-14)5-3-4-6-19(22)21-18-13-17(20)12-9-15(18)2;/h7-13H,3-6,20H2,1-2H3,(H,21,22);1H. The van der Waals surface area contributed by atoms with Crippen molar-refractivity contribution in [2.45, 2.75) is 39.5 Å². The zero-order chi connectivity index (χ0) is 15.9. The molecule has 4 heteroatoms. The summed E-state index contributed by atoms with van der Waals surface area (Å²) < 4.78 is 0. The molecule has 0 aliphatic heterocycles. The Balaban J connectivity index is 0.00000264. The lowest BCUT2D eigenvalue weighted by Crippen LogP contribution is -2.12. The molecule has 0 atom stereocenters. The fourth-order valence-corrected chi connectivity index (χ4v) is 2.36. The van der Waals surface area contributed by atoms with Crippen molar-refractivity contribution in [1.82, 2.24) is 0 Å². The summed E-state index contributed by atoms with van der Waals surface area (Å²) in [5.41, 5.74) is 10.9. The van der Waals surface area contributed by atoms with E-state index in [2.05, 4.69) is 36.5 Å². The molecule has 2 rings (SSSR count). The van der Waals surface area contributed by atoms with Gasteiger partial charge in [-0.3, -0.25) is 4.79 Å². The molecule has 0 aliphatic carbocycles. The van der Waals surface area contributed by atoms with E-state index in [0.29, 0.717) is 12.1 Å². The molecule has 23 heavy (non-hydrogen) atoms. The Morgan fingerprint density at radius 3 is 2.43 bits per heavy atom. The zero-order valence-corrected chi connectivity index (χ0v) is 14.6. The van der Waals surface area contributed by atoms with E-state index in [9.17, 15) is 4.79 Å². The van der Waals surface area contributed by atoms with Crippen LogP contribution in [0, 0.1) is 13.8 Å². The normalized spacial score (nSPS) is 10.0. The van der Waals surface area contributed by atoms with E-state index >= 15 is 0 Å². The number of aryl methyl sites for hydroxylation is 3. The van der Waals surface area contributed by atoms with Gasteiger partial charge in [-0.25, -0.2) is 0 Å². The highest BCUT2D eigenvalue weighted by molar-refractivity contribution is 5.91. The molecular formula is C19H25ClN2O. The van der Waals surface area contributed by atoms with E-state index < -0.39 is 0 Å². The summed E-state index contributed by atoms with van der Waals surface area (Å²) in [5.74, 6) is 0.0533. The first-order chi connectivity index (χ1) is 10.5. The monoisotopic (exact) mass is 332 g/mol. The summed E-state index contributed by atoms with van der Waals surface area (Å²) >= 11 is 0. The predicted octanol–water partition coefficient (Wildman–Crippen LogP) is 4.66. The quantitative estimate of drug-likeness (QED) is 0.597. The van der Waals surface area contributed by atoms with Gasteiger partial charge in [0.15, 0.2) is 0 Å². The lowest BCUT2D eigenvalue weighted by atomic mass is 10.1. The van der Waals surface area contributed by atoms with Crippen LogP contribution in [0.3, 0.4) is 0 Å². The van der Waals surface area contributed by atoms with Gasteiger partial charge in [0.05, 0.1) is 0 Å². The maximum atomic E-state index is 12.0. The molecule has 3 nitrogen and oxygen atoms in total. The second-order valence-electron chi connectivity index (χ2n) is 5.82. The van der Waals surface area contributed by atoms with Gasteiger partial charge in [-0.05, 0) is 56.4 Å². The topological polar surface area (TPSA) is 55.1 Å². The SMILES string of the molecule is Cc1ccc(CCCCC(=O)Nc2cc(N)ccc2C)cc1.Cl. The maximum absolute atomic E-state index is 12.0. The maximum Gasteiger partial charge on any atom is 0.224 e. The number of halogens is 1. The molecule has 3 N–H and O–H groups in total. The molecule has 0 unspecified atom stereocenters. The van der Waals surface area contributed by atoms with Crippen LogP contribution in [0.2, 0.25) is 0 Å². The third-order valence-corrected chi connectivity index (χ3v) is 3.78. The fourth-order valence-electron chi connectivity index (χ4n) is 2.36. The van der Waals surface area contributed by atoms with E-state index in [1.807, 2.05) is 19.1 Å². The minimum atomic E-state index is 0. The number of anilines is 2. The Bertz CT molecular complexity index is 638. The van der Waals surface area contributed by atoms with Crippen LogP contribution < -0.4 is 11.1 Å². The van der Waals surface area contributed by atoms with Gasteiger partial charge in [0.1, 0.15) is 0 Å². The van der Waals surface area contributed by atoms with Crippen molar-refractivity contribution in [2.75, 3.05) is 11.1 Å². The van der Waals surface area contributed by atoms with Gasteiger partial charge >= 0.3 is 0 Å². The van der Waals surface area contributed by atoms with Crippen LogP contribution in [-0.4, -0.2) is 5.91 Å². The molecule has 0 saturated carbocycles. The first-order valence-electron chi connectivity index (χ1n) is 7.76. The van der Waals surface area contributed by atoms with Gasteiger partial charge in [0.2, 0.25) is 5.91 Å². The van der Waals surface area contributed by atoms with Gasteiger partial charge in [-0.1, -0.05) is 35.9 Å². The number of unbranched alkanes of at least 4 members (excludes halogenated alkanes) is 1. The number of hydrogen-bond donors (Lipinski definition) is 2. The Hall–Kier alpha value is -2.00. The van der Waals surface area contributed by atoms with E-state index in [0.717, 1.165) is 30.5 Å². The van der Waals surface area contributed by atoms with Crippen molar-refractivity contribution < 1.29 is 4.79 Å². The number of benzene rings is 2. The molecule has 0 bridgehead atoms. The smallest absolute Gasteiger partial charge is 0.224 e. The van der Waals surface area contributed by atoms with Crippen LogP contribution in [0.15, 0.2) is 42.5 Å². The number of rotatable bonds is 6. The summed E-state index contributed by atoms with van der Waals surface area (Å²) in [7, 11) is 0. The van der Waals surface area contributed by atoms with Crippen LogP contribution in [0.25, 0.3) is 0 Å². The highest BCUT2D eigenvalue weighted by Crippen LogP contribution is 2.18. The summed E-state index contributed by atoms with van der Waals surface area (Å²) in [6, 6.07) is 14.1. The van der Waals surface area contributed by atoms with Gasteiger partial charge in [0, 0.05) is 17.8 Å². The number of nitrogens with one attached hydrogen (secondary N) is 1. The van der Waals surface area contributed by atoms with Crippen molar-refractivity contribution in [3.63, 3.8) is 0 Å². The molecule has 0 spiro atoms. The zero-order valence-electron chi connectivity index (χ0n) is 13.8. The summed E-state index contributed by atoms with van der Waals surface area (Å²) in [4.78, 5) is 12.0. The molecule has 0 fully saturated rings. The van der Waals surface area contributed by atoms with Crippen molar-refractivity contribution >= 4 is 29.7 Å². The second-order valence-corrected chi connectivity index (χ2v) is 5.82. The number of nitrogens with two attached hydrogens (primary N) is 1. The van der Waals surface area contributed by atoms with Gasteiger partial charge in [0.25, 0.3) is 0 Å². The van der Waals surface area contributed by atoms with Gasteiger partial charge < -0.3 is 11.1 Å². The molecule has 124 valence electrons. The summed E-state index contributed by atoms with van der Waals surface area (Å²) in [6.45, 7) is 4.05. The molecule has 0 aromatic heterocycles. The molecule has 1 amide bonds. The summed E-state index contributed by atoms with van der Waals surface area (Å²) in [6.07, 6.45) is 3.47. The lowest BCUT2D eigenvalue weighted by Gasteiger charge is -2.09. The van der Waals surface area contributed by atoms with Crippen molar-refractivity contribution in [1.29, 1.82) is 0 Å². The van der Waals surface area contributed by atoms with Crippen LogP contribution in [0.4, 0.5) is 11.4 Å². The van der Waals surface area contributed by atoms with Crippen LogP contribution in [-0.2, 0) is 11.2 Å². The minimum absolute atomic E-state index is 0. The number of hydrogen-bond acceptors (Lipinski definition) is 2. The van der Waals surface area contributed by atoms with Gasteiger partial charge in [-0.15, -0.1) is 12.4 Å². The summed E-state index contributed by atoms with van der Waals surface area (Å²) in [5, 5.41) is 2.94. The average molecular weight is 333 g/mol. The van der Waals surface area contributed by atoms with Crippen LogP contribution in [0.5, 0.6) is 0 Å². The predicted molar refractivity (Wildman–Crippen MR) is 100 cm³/mol. The van der Waals surface area contributed by atoms with E-state index in [-0.39, 0.29) is 18.3 Å². The molecular weight excluding hydrogens is 308 g/mol. The molecule has 0 heterocycles. The van der Waals surface area contributed by atoms with Gasteiger partial charge in [-0.2, -0.15) is 0 Å². The Kier molecular flexibility index (Phi) is 7.63. The van der Waals surface area contributed by atoms with E-state index in [1.54, 1.807) is 6.07 Å². The number of carbonyl (C=O) groups excluding carboxylic acids is 1. The lowest BCUT2D eigenvalue weighted by molar-refractivity contribution is -0.116. The Morgan fingerprint density at radius 2 is 1.74 bits per heavy atom. The third kappa shape index (κ3) is 6.33.